The number of anilines is 1. The number of nitrogens with one attached hydrogen (secondary N) is 1. The SMILES string of the molecule is COc1ccc(-c2noc(C3=C(C)N(c4ccc(C)cc4)C(=S)NC3c3ccc(C)cc3)n2)cc1. The van der Waals surface area contributed by atoms with Crippen molar-refractivity contribution in [2.45, 2.75) is 26.8 Å². The van der Waals surface area contributed by atoms with Gasteiger partial charge in [-0.3, -0.25) is 4.90 Å². The molecular weight excluding hydrogens is 456 g/mol. The molecule has 5 rings (SSSR count). The van der Waals surface area contributed by atoms with Gasteiger partial charge in [-0.15, -0.1) is 0 Å². The van der Waals surface area contributed by atoms with Crippen LogP contribution in [0.25, 0.3) is 17.0 Å². The second-order valence-corrected chi connectivity index (χ2v) is 9.00. The zero-order chi connectivity index (χ0) is 24.5. The van der Waals surface area contributed by atoms with E-state index in [1.165, 1.54) is 11.1 Å². The van der Waals surface area contributed by atoms with E-state index < -0.39 is 0 Å². The van der Waals surface area contributed by atoms with E-state index in [2.05, 4.69) is 72.9 Å². The molecule has 0 fully saturated rings. The maximum absolute atomic E-state index is 5.84. The van der Waals surface area contributed by atoms with Crippen LogP contribution in [0.1, 0.15) is 35.5 Å². The first-order valence-corrected chi connectivity index (χ1v) is 11.8. The Kier molecular flexibility index (Phi) is 6.09. The number of allylic oxidation sites excluding steroid dienone is 1. The minimum Gasteiger partial charge on any atom is -0.497 e. The van der Waals surface area contributed by atoms with Gasteiger partial charge in [0.25, 0.3) is 5.89 Å². The number of rotatable bonds is 5. The predicted octanol–water partition coefficient (Wildman–Crippen LogP) is 6.23. The Bertz CT molecular complexity index is 1390. The summed E-state index contributed by atoms with van der Waals surface area (Å²) in [6.07, 6.45) is 0. The topological polar surface area (TPSA) is 63.4 Å². The minimum absolute atomic E-state index is 0.228. The van der Waals surface area contributed by atoms with Crippen LogP contribution in [0.3, 0.4) is 0 Å². The summed E-state index contributed by atoms with van der Waals surface area (Å²) in [5, 5.41) is 8.42. The molecule has 0 saturated heterocycles. The van der Waals surface area contributed by atoms with E-state index >= 15 is 0 Å². The first kappa shape index (κ1) is 22.8. The molecule has 0 saturated carbocycles. The van der Waals surface area contributed by atoms with Crippen molar-refractivity contribution in [2.24, 2.45) is 0 Å². The summed E-state index contributed by atoms with van der Waals surface area (Å²) in [6.45, 7) is 6.18. The molecule has 1 N–H and O–H groups in total. The van der Waals surface area contributed by atoms with Gasteiger partial charge in [-0.25, -0.2) is 0 Å². The third-order valence-electron chi connectivity index (χ3n) is 6.19. The highest BCUT2D eigenvalue weighted by Crippen LogP contribution is 2.39. The van der Waals surface area contributed by atoms with Gasteiger partial charge in [-0.2, -0.15) is 4.98 Å². The molecule has 7 heteroatoms. The van der Waals surface area contributed by atoms with E-state index in [0.29, 0.717) is 16.8 Å². The fourth-order valence-corrected chi connectivity index (χ4v) is 4.58. The molecule has 1 aliphatic heterocycles. The summed E-state index contributed by atoms with van der Waals surface area (Å²) in [6, 6.07) is 24.0. The summed E-state index contributed by atoms with van der Waals surface area (Å²) in [7, 11) is 1.64. The van der Waals surface area contributed by atoms with Crippen molar-refractivity contribution < 1.29 is 9.26 Å². The van der Waals surface area contributed by atoms with E-state index in [9.17, 15) is 0 Å². The summed E-state index contributed by atoms with van der Waals surface area (Å²) < 4.78 is 11.1. The molecule has 2 heterocycles. The van der Waals surface area contributed by atoms with Crippen LogP contribution in [0.5, 0.6) is 5.75 Å². The number of methoxy groups -OCH3 is 1. The highest BCUT2D eigenvalue weighted by Gasteiger charge is 2.34. The van der Waals surface area contributed by atoms with Crippen molar-refractivity contribution >= 4 is 28.6 Å². The molecule has 1 atom stereocenters. The van der Waals surface area contributed by atoms with Crippen molar-refractivity contribution in [1.29, 1.82) is 0 Å². The lowest BCUT2D eigenvalue weighted by Crippen LogP contribution is -2.46. The smallest absolute Gasteiger partial charge is 0.258 e. The first-order chi connectivity index (χ1) is 16.9. The molecular formula is C28H26N4O2S. The Morgan fingerprint density at radius 1 is 0.886 bits per heavy atom. The number of hydrogen-bond acceptors (Lipinski definition) is 5. The number of hydrogen-bond donors (Lipinski definition) is 1. The Balaban J connectivity index is 1.62. The largest absolute Gasteiger partial charge is 0.497 e. The highest BCUT2D eigenvalue weighted by atomic mass is 32.1. The Morgan fingerprint density at radius 3 is 2.14 bits per heavy atom. The quantitative estimate of drug-likeness (QED) is 0.338. The van der Waals surface area contributed by atoms with Gasteiger partial charge in [0.2, 0.25) is 5.82 Å². The normalized spacial score (nSPS) is 15.8. The monoisotopic (exact) mass is 482 g/mol. The molecule has 0 spiro atoms. The average Bonchev–Trinajstić information content (AvgIpc) is 3.35. The van der Waals surface area contributed by atoms with Crippen molar-refractivity contribution in [3.8, 4) is 17.1 Å². The zero-order valence-electron chi connectivity index (χ0n) is 20.1. The van der Waals surface area contributed by atoms with Crippen LogP contribution < -0.4 is 15.0 Å². The lowest BCUT2D eigenvalue weighted by atomic mass is 9.94. The van der Waals surface area contributed by atoms with E-state index in [1.54, 1.807) is 7.11 Å². The number of ether oxygens (including phenoxy) is 1. The van der Waals surface area contributed by atoms with Gasteiger partial charge >= 0.3 is 0 Å². The molecule has 1 aromatic heterocycles. The molecule has 0 bridgehead atoms. The van der Waals surface area contributed by atoms with Gasteiger partial charge in [-0.1, -0.05) is 52.7 Å². The number of benzene rings is 3. The van der Waals surface area contributed by atoms with Gasteiger partial charge in [0.15, 0.2) is 5.11 Å². The zero-order valence-corrected chi connectivity index (χ0v) is 20.9. The van der Waals surface area contributed by atoms with Gasteiger partial charge in [0.1, 0.15) is 5.75 Å². The molecule has 176 valence electrons. The fourth-order valence-electron chi connectivity index (χ4n) is 4.22. The molecule has 4 aromatic rings. The number of nitrogens with zero attached hydrogens (tertiary/aromatic N) is 3. The summed E-state index contributed by atoms with van der Waals surface area (Å²) >= 11 is 5.83. The second kappa shape index (κ2) is 9.35. The van der Waals surface area contributed by atoms with Crippen LogP contribution in [0.4, 0.5) is 5.69 Å². The van der Waals surface area contributed by atoms with E-state index in [4.69, 9.17) is 26.5 Å². The van der Waals surface area contributed by atoms with Gasteiger partial charge in [-0.05, 0) is 75.0 Å². The lowest BCUT2D eigenvalue weighted by molar-refractivity contribution is 0.404. The van der Waals surface area contributed by atoms with Gasteiger partial charge in [0.05, 0.1) is 18.7 Å². The van der Waals surface area contributed by atoms with E-state index in [1.807, 2.05) is 36.1 Å². The minimum atomic E-state index is -0.228. The third-order valence-corrected chi connectivity index (χ3v) is 6.49. The molecule has 1 unspecified atom stereocenters. The van der Waals surface area contributed by atoms with Gasteiger partial charge < -0.3 is 14.6 Å². The van der Waals surface area contributed by atoms with Crippen LogP contribution in [0.2, 0.25) is 0 Å². The van der Waals surface area contributed by atoms with Crippen molar-refractivity contribution in [3.05, 3.63) is 101 Å². The molecule has 0 aliphatic carbocycles. The maximum atomic E-state index is 5.84. The second-order valence-electron chi connectivity index (χ2n) is 8.61. The van der Waals surface area contributed by atoms with E-state index in [0.717, 1.165) is 33.8 Å². The van der Waals surface area contributed by atoms with Crippen LogP contribution in [0, 0.1) is 13.8 Å². The molecule has 0 radical (unpaired) electrons. The van der Waals surface area contributed by atoms with E-state index in [-0.39, 0.29) is 6.04 Å². The summed E-state index contributed by atoms with van der Waals surface area (Å²) in [5.74, 6) is 1.74. The van der Waals surface area contributed by atoms with Gasteiger partial charge in [0, 0.05) is 16.9 Å². The molecule has 1 aliphatic rings. The Labute approximate surface area is 210 Å². The Hall–Kier alpha value is -3.97. The van der Waals surface area contributed by atoms with Crippen LogP contribution in [-0.2, 0) is 0 Å². The summed E-state index contributed by atoms with van der Waals surface area (Å²) in [4.78, 5) is 6.80. The van der Waals surface area contributed by atoms with Crippen molar-refractivity contribution in [3.63, 3.8) is 0 Å². The van der Waals surface area contributed by atoms with Crippen molar-refractivity contribution in [1.82, 2.24) is 15.5 Å². The summed E-state index contributed by atoms with van der Waals surface area (Å²) in [5.41, 5.74) is 7.09. The first-order valence-electron chi connectivity index (χ1n) is 11.4. The van der Waals surface area contributed by atoms with Crippen LogP contribution >= 0.6 is 12.2 Å². The van der Waals surface area contributed by atoms with Crippen molar-refractivity contribution in [2.75, 3.05) is 12.0 Å². The predicted molar refractivity (Wildman–Crippen MR) is 142 cm³/mol. The number of thiocarbonyl (C=S) groups is 1. The van der Waals surface area contributed by atoms with Crippen LogP contribution in [0.15, 0.2) is 83.0 Å². The third kappa shape index (κ3) is 4.42. The molecule has 0 amide bonds. The maximum Gasteiger partial charge on any atom is 0.258 e. The molecule has 6 nitrogen and oxygen atoms in total. The Morgan fingerprint density at radius 2 is 1.51 bits per heavy atom. The molecule has 3 aromatic carbocycles. The molecule has 35 heavy (non-hydrogen) atoms. The highest BCUT2D eigenvalue weighted by molar-refractivity contribution is 7.80. The number of aromatic nitrogens is 2. The number of aryl methyl sites for hydroxylation is 2. The fraction of sp³-hybridized carbons (Fsp3) is 0.179. The van der Waals surface area contributed by atoms with Crippen LogP contribution in [-0.4, -0.2) is 22.4 Å². The average molecular weight is 483 g/mol. The standard InChI is InChI=1S/C28H26N4O2S/c1-17-5-9-20(10-6-17)25-24(19(3)32(28(35)29-25)22-13-7-18(2)8-14-22)27-30-26(31-34-27)21-11-15-23(33-4)16-12-21/h5-16,25H,1-4H3,(H,29,35). The lowest BCUT2D eigenvalue weighted by Gasteiger charge is -2.37.